The summed E-state index contributed by atoms with van der Waals surface area (Å²) in [5.41, 5.74) is 0.0984. The molecule has 0 bridgehead atoms. The first kappa shape index (κ1) is 6.62. The Balaban J connectivity index is 1.95. The van der Waals surface area contributed by atoms with E-state index in [4.69, 9.17) is 4.74 Å². The van der Waals surface area contributed by atoms with Crippen molar-refractivity contribution in [2.75, 3.05) is 13.2 Å². The van der Waals surface area contributed by atoms with Crippen LogP contribution >= 0.6 is 0 Å². The fourth-order valence-electron chi connectivity index (χ4n) is 1.58. The van der Waals surface area contributed by atoms with Crippen LogP contribution in [0.25, 0.3) is 0 Å². The van der Waals surface area contributed by atoms with Crippen molar-refractivity contribution in [3.8, 4) is 0 Å². The molecular weight excluding hydrogens is 128 g/mol. The molecule has 1 saturated heterocycles. The highest BCUT2D eigenvalue weighted by Gasteiger charge is 2.47. The summed E-state index contributed by atoms with van der Waals surface area (Å²) in [5, 5.41) is 9.69. The van der Waals surface area contributed by atoms with Crippen LogP contribution < -0.4 is 0 Å². The third kappa shape index (κ3) is 0.867. The van der Waals surface area contributed by atoms with Gasteiger partial charge in [-0.05, 0) is 18.8 Å². The van der Waals surface area contributed by atoms with Crippen molar-refractivity contribution < 1.29 is 9.84 Å². The van der Waals surface area contributed by atoms with Gasteiger partial charge in [0.15, 0.2) is 0 Å². The topological polar surface area (TPSA) is 29.5 Å². The van der Waals surface area contributed by atoms with Crippen molar-refractivity contribution in [3.63, 3.8) is 0 Å². The van der Waals surface area contributed by atoms with E-state index in [1.54, 1.807) is 0 Å². The fraction of sp³-hybridized carbons (Fsp3) is 1.00. The SMILES string of the molecule is CC1(C(O)C2CC2)COC1. The number of aliphatic hydroxyl groups excluding tert-OH is 1. The molecule has 0 aromatic heterocycles. The maximum atomic E-state index is 9.69. The summed E-state index contributed by atoms with van der Waals surface area (Å²) < 4.78 is 5.08. The summed E-state index contributed by atoms with van der Waals surface area (Å²) in [6, 6.07) is 0. The molecular formula is C8H14O2. The van der Waals surface area contributed by atoms with Gasteiger partial charge in [0.2, 0.25) is 0 Å². The third-order valence-electron chi connectivity index (χ3n) is 2.65. The zero-order valence-corrected chi connectivity index (χ0v) is 6.34. The average molecular weight is 142 g/mol. The normalized spacial score (nSPS) is 33.0. The van der Waals surface area contributed by atoms with E-state index in [9.17, 15) is 5.11 Å². The van der Waals surface area contributed by atoms with Crippen molar-refractivity contribution in [1.82, 2.24) is 0 Å². The van der Waals surface area contributed by atoms with Crippen molar-refractivity contribution >= 4 is 0 Å². The second kappa shape index (κ2) is 1.95. The van der Waals surface area contributed by atoms with E-state index in [1.165, 1.54) is 12.8 Å². The molecule has 2 fully saturated rings. The van der Waals surface area contributed by atoms with E-state index >= 15 is 0 Å². The Morgan fingerprint density at radius 2 is 2.10 bits per heavy atom. The molecule has 10 heavy (non-hydrogen) atoms. The Morgan fingerprint density at radius 1 is 1.50 bits per heavy atom. The van der Waals surface area contributed by atoms with Gasteiger partial charge in [-0.3, -0.25) is 0 Å². The zero-order valence-electron chi connectivity index (χ0n) is 6.34. The molecule has 0 amide bonds. The predicted molar refractivity (Wildman–Crippen MR) is 37.7 cm³/mol. The largest absolute Gasteiger partial charge is 0.392 e. The number of aliphatic hydroxyl groups is 1. The molecule has 1 aliphatic heterocycles. The first-order valence-corrected chi connectivity index (χ1v) is 3.98. The molecule has 1 unspecified atom stereocenters. The lowest BCUT2D eigenvalue weighted by atomic mass is 9.80. The molecule has 2 nitrogen and oxygen atoms in total. The summed E-state index contributed by atoms with van der Waals surface area (Å²) in [4.78, 5) is 0. The second-order valence-electron chi connectivity index (χ2n) is 3.93. The number of hydrogen-bond donors (Lipinski definition) is 1. The Kier molecular flexibility index (Phi) is 1.29. The highest BCUT2D eigenvalue weighted by Crippen LogP contribution is 2.43. The van der Waals surface area contributed by atoms with E-state index in [-0.39, 0.29) is 11.5 Å². The van der Waals surface area contributed by atoms with E-state index in [0.29, 0.717) is 5.92 Å². The first-order chi connectivity index (χ1) is 4.72. The summed E-state index contributed by atoms with van der Waals surface area (Å²) in [5.74, 6) is 0.592. The van der Waals surface area contributed by atoms with E-state index in [2.05, 4.69) is 6.92 Å². The van der Waals surface area contributed by atoms with Crippen LogP contribution in [-0.2, 0) is 4.74 Å². The Bertz CT molecular complexity index is 136. The summed E-state index contributed by atoms with van der Waals surface area (Å²) in [6.07, 6.45) is 2.34. The molecule has 1 heterocycles. The van der Waals surface area contributed by atoms with Crippen LogP contribution in [0, 0.1) is 11.3 Å². The standard InChI is InChI=1S/C8H14O2/c1-8(4-10-5-8)7(9)6-2-3-6/h6-7,9H,2-5H2,1H3. The minimum atomic E-state index is -0.0961. The minimum Gasteiger partial charge on any atom is -0.392 e. The number of hydrogen-bond acceptors (Lipinski definition) is 2. The van der Waals surface area contributed by atoms with Gasteiger partial charge in [0.25, 0.3) is 0 Å². The van der Waals surface area contributed by atoms with Gasteiger partial charge in [-0.2, -0.15) is 0 Å². The van der Waals surface area contributed by atoms with Crippen molar-refractivity contribution in [3.05, 3.63) is 0 Å². The van der Waals surface area contributed by atoms with E-state index in [0.717, 1.165) is 13.2 Å². The quantitative estimate of drug-likeness (QED) is 0.617. The van der Waals surface area contributed by atoms with E-state index < -0.39 is 0 Å². The molecule has 1 atom stereocenters. The molecule has 0 spiro atoms. The van der Waals surface area contributed by atoms with Crippen LogP contribution in [0.3, 0.4) is 0 Å². The number of rotatable bonds is 2. The zero-order chi connectivity index (χ0) is 7.19. The Morgan fingerprint density at radius 3 is 2.40 bits per heavy atom. The Labute approximate surface area is 61.2 Å². The third-order valence-corrected chi connectivity index (χ3v) is 2.65. The van der Waals surface area contributed by atoms with Crippen LogP contribution in [0.1, 0.15) is 19.8 Å². The highest BCUT2D eigenvalue weighted by atomic mass is 16.5. The van der Waals surface area contributed by atoms with E-state index in [1.807, 2.05) is 0 Å². The highest BCUT2D eigenvalue weighted by molar-refractivity contribution is 4.95. The summed E-state index contributed by atoms with van der Waals surface area (Å²) >= 11 is 0. The first-order valence-electron chi connectivity index (χ1n) is 3.98. The maximum absolute atomic E-state index is 9.69. The van der Waals surface area contributed by atoms with Crippen LogP contribution in [0.5, 0.6) is 0 Å². The lowest BCUT2D eigenvalue weighted by Gasteiger charge is -2.42. The van der Waals surface area contributed by atoms with Gasteiger partial charge in [-0.1, -0.05) is 6.92 Å². The molecule has 2 rings (SSSR count). The van der Waals surface area contributed by atoms with Gasteiger partial charge < -0.3 is 9.84 Å². The predicted octanol–water partition coefficient (Wildman–Crippen LogP) is 0.794. The Hall–Kier alpha value is -0.0800. The molecule has 0 aromatic carbocycles. The molecule has 2 heteroatoms. The maximum Gasteiger partial charge on any atom is 0.0666 e. The van der Waals surface area contributed by atoms with Gasteiger partial charge in [0.1, 0.15) is 0 Å². The van der Waals surface area contributed by atoms with Crippen LogP contribution in [0.4, 0.5) is 0 Å². The minimum absolute atomic E-state index is 0.0961. The average Bonchev–Trinajstić information content (AvgIpc) is 2.62. The van der Waals surface area contributed by atoms with Crippen LogP contribution in [0.15, 0.2) is 0 Å². The summed E-state index contributed by atoms with van der Waals surface area (Å²) in [7, 11) is 0. The molecule has 1 saturated carbocycles. The molecule has 1 aliphatic carbocycles. The summed E-state index contributed by atoms with van der Waals surface area (Å²) in [6.45, 7) is 3.62. The molecule has 1 N–H and O–H groups in total. The number of ether oxygens (including phenoxy) is 1. The van der Waals surface area contributed by atoms with Gasteiger partial charge in [0.05, 0.1) is 19.3 Å². The van der Waals surface area contributed by atoms with Crippen LogP contribution in [-0.4, -0.2) is 24.4 Å². The molecule has 2 aliphatic rings. The molecule has 0 aromatic rings. The van der Waals surface area contributed by atoms with Gasteiger partial charge in [-0.15, -0.1) is 0 Å². The lowest BCUT2D eigenvalue weighted by molar-refractivity contribution is -0.166. The van der Waals surface area contributed by atoms with Gasteiger partial charge in [-0.25, -0.2) is 0 Å². The van der Waals surface area contributed by atoms with Crippen molar-refractivity contribution in [2.24, 2.45) is 11.3 Å². The van der Waals surface area contributed by atoms with Crippen molar-refractivity contribution in [2.45, 2.75) is 25.9 Å². The van der Waals surface area contributed by atoms with Gasteiger partial charge >= 0.3 is 0 Å². The second-order valence-corrected chi connectivity index (χ2v) is 3.93. The van der Waals surface area contributed by atoms with Gasteiger partial charge in [0, 0.05) is 5.41 Å². The lowest BCUT2D eigenvalue weighted by Crippen LogP contribution is -2.49. The van der Waals surface area contributed by atoms with Crippen LogP contribution in [0.2, 0.25) is 0 Å². The van der Waals surface area contributed by atoms with Crippen molar-refractivity contribution in [1.29, 1.82) is 0 Å². The monoisotopic (exact) mass is 142 g/mol. The fourth-order valence-corrected chi connectivity index (χ4v) is 1.58. The molecule has 58 valence electrons. The smallest absolute Gasteiger partial charge is 0.0666 e. The molecule has 0 radical (unpaired) electrons.